The minimum Gasteiger partial charge on any atom is -0.376 e. The number of likely N-dealkylation sites (N-methyl/N-ethyl adjacent to an activating group) is 1. The fraction of sp³-hybridized carbons (Fsp3) is 0.647. The molecule has 0 bridgehead atoms. The standard InChI is InChI=1S/C17H27F2NO/c1-6-20-15(16(21-7-2)17(3,4)5)11-12-8-9-13(18)14(19)10-12/h8-10,15-16,20H,6-7,11H2,1-5H3. The summed E-state index contributed by atoms with van der Waals surface area (Å²) in [6.07, 6.45) is 0.600. The zero-order valence-electron chi connectivity index (χ0n) is 13.7. The third kappa shape index (κ3) is 5.36. The lowest BCUT2D eigenvalue weighted by Crippen LogP contribution is -2.49. The summed E-state index contributed by atoms with van der Waals surface area (Å²) in [4.78, 5) is 0. The van der Waals surface area contributed by atoms with Crippen LogP contribution in [0.4, 0.5) is 8.78 Å². The molecule has 2 atom stereocenters. The highest BCUT2D eigenvalue weighted by Crippen LogP contribution is 2.27. The minimum atomic E-state index is -0.809. The average Bonchev–Trinajstić information content (AvgIpc) is 2.38. The number of hydrogen-bond acceptors (Lipinski definition) is 2. The van der Waals surface area contributed by atoms with Crippen LogP contribution in [-0.2, 0) is 11.2 Å². The molecule has 1 N–H and O–H groups in total. The number of rotatable bonds is 7. The molecule has 1 rings (SSSR count). The van der Waals surface area contributed by atoms with Gasteiger partial charge in [-0.1, -0.05) is 33.8 Å². The predicted octanol–water partition coefficient (Wildman–Crippen LogP) is 3.94. The summed E-state index contributed by atoms with van der Waals surface area (Å²) in [5.41, 5.74) is 0.732. The molecule has 0 aliphatic heterocycles. The van der Waals surface area contributed by atoms with Crippen molar-refractivity contribution in [3.05, 3.63) is 35.4 Å². The van der Waals surface area contributed by atoms with Gasteiger partial charge in [0.1, 0.15) is 0 Å². The Bertz CT molecular complexity index is 443. The third-order valence-electron chi connectivity index (χ3n) is 3.47. The third-order valence-corrected chi connectivity index (χ3v) is 3.47. The van der Waals surface area contributed by atoms with Crippen LogP contribution in [0.25, 0.3) is 0 Å². The van der Waals surface area contributed by atoms with Gasteiger partial charge in [-0.3, -0.25) is 0 Å². The monoisotopic (exact) mass is 299 g/mol. The van der Waals surface area contributed by atoms with E-state index in [1.165, 1.54) is 12.1 Å². The van der Waals surface area contributed by atoms with E-state index in [0.717, 1.165) is 12.1 Å². The summed E-state index contributed by atoms with van der Waals surface area (Å²) in [5, 5.41) is 3.42. The van der Waals surface area contributed by atoms with Gasteiger partial charge < -0.3 is 10.1 Å². The van der Waals surface area contributed by atoms with Crippen molar-refractivity contribution < 1.29 is 13.5 Å². The van der Waals surface area contributed by atoms with Gasteiger partial charge in [-0.15, -0.1) is 0 Å². The molecule has 1 aromatic rings. The molecule has 4 heteroatoms. The molecule has 2 unspecified atom stereocenters. The number of hydrogen-bond donors (Lipinski definition) is 1. The molecule has 21 heavy (non-hydrogen) atoms. The Morgan fingerprint density at radius 3 is 2.29 bits per heavy atom. The largest absolute Gasteiger partial charge is 0.376 e. The second-order valence-corrected chi connectivity index (χ2v) is 6.36. The number of ether oxygens (including phenoxy) is 1. The summed E-state index contributed by atoms with van der Waals surface area (Å²) in [6, 6.07) is 4.14. The maximum Gasteiger partial charge on any atom is 0.159 e. The van der Waals surface area contributed by atoms with E-state index in [-0.39, 0.29) is 17.6 Å². The molecule has 0 aliphatic carbocycles. The van der Waals surface area contributed by atoms with E-state index >= 15 is 0 Å². The SMILES string of the molecule is CCNC(Cc1ccc(F)c(F)c1)C(OCC)C(C)(C)C. The van der Waals surface area contributed by atoms with Crippen LogP contribution in [0.5, 0.6) is 0 Å². The summed E-state index contributed by atoms with van der Waals surface area (Å²) < 4.78 is 32.3. The van der Waals surface area contributed by atoms with Crippen LogP contribution in [0, 0.1) is 17.0 Å². The molecule has 0 aliphatic rings. The van der Waals surface area contributed by atoms with Crippen molar-refractivity contribution in [2.45, 2.75) is 53.2 Å². The Kier molecular flexibility index (Phi) is 6.75. The average molecular weight is 299 g/mol. The molecule has 1 aromatic carbocycles. The fourth-order valence-corrected chi connectivity index (χ4v) is 2.62. The Balaban J connectivity index is 2.95. The molecule has 0 radical (unpaired) electrons. The molecule has 120 valence electrons. The maximum absolute atomic E-state index is 13.4. The van der Waals surface area contributed by atoms with Crippen LogP contribution >= 0.6 is 0 Å². The van der Waals surface area contributed by atoms with Crippen LogP contribution in [0.1, 0.15) is 40.2 Å². The second kappa shape index (κ2) is 7.85. The van der Waals surface area contributed by atoms with Gasteiger partial charge in [0, 0.05) is 12.6 Å². The van der Waals surface area contributed by atoms with Gasteiger partial charge in [0.25, 0.3) is 0 Å². The summed E-state index contributed by atoms with van der Waals surface area (Å²) in [5.74, 6) is -1.61. The summed E-state index contributed by atoms with van der Waals surface area (Å²) in [7, 11) is 0. The van der Waals surface area contributed by atoms with Gasteiger partial charge in [0.05, 0.1) is 6.10 Å². The quantitative estimate of drug-likeness (QED) is 0.823. The normalized spacial score (nSPS) is 15.0. The zero-order chi connectivity index (χ0) is 16.0. The predicted molar refractivity (Wildman–Crippen MR) is 82.4 cm³/mol. The van der Waals surface area contributed by atoms with Crippen molar-refractivity contribution in [3.63, 3.8) is 0 Å². The van der Waals surface area contributed by atoms with Crippen molar-refractivity contribution >= 4 is 0 Å². The van der Waals surface area contributed by atoms with Crippen LogP contribution in [0.3, 0.4) is 0 Å². The summed E-state index contributed by atoms with van der Waals surface area (Å²) >= 11 is 0. The Morgan fingerprint density at radius 1 is 1.14 bits per heavy atom. The summed E-state index contributed by atoms with van der Waals surface area (Å²) in [6.45, 7) is 11.8. The van der Waals surface area contributed by atoms with Crippen molar-refractivity contribution in [2.75, 3.05) is 13.2 Å². The van der Waals surface area contributed by atoms with Gasteiger partial charge in [0.2, 0.25) is 0 Å². The van der Waals surface area contributed by atoms with Crippen LogP contribution in [-0.4, -0.2) is 25.3 Å². The zero-order valence-corrected chi connectivity index (χ0v) is 13.7. The van der Waals surface area contributed by atoms with E-state index in [2.05, 4.69) is 26.1 Å². The smallest absolute Gasteiger partial charge is 0.159 e. The number of benzene rings is 1. The van der Waals surface area contributed by atoms with Crippen molar-refractivity contribution in [2.24, 2.45) is 5.41 Å². The lowest BCUT2D eigenvalue weighted by atomic mass is 9.82. The molecule has 2 nitrogen and oxygen atoms in total. The van der Waals surface area contributed by atoms with E-state index < -0.39 is 11.6 Å². The highest BCUT2D eigenvalue weighted by molar-refractivity contribution is 5.19. The van der Waals surface area contributed by atoms with E-state index in [1.807, 2.05) is 13.8 Å². The van der Waals surface area contributed by atoms with Crippen LogP contribution < -0.4 is 5.32 Å². The molecule has 0 spiro atoms. The number of nitrogens with one attached hydrogen (secondary N) is 1. The minimum absolute atomic E-state index is 0.00411. The molecular weight excluding hydrogens is 272 g/mol. The molecule has 0 amide bonds. The Hall–Kier alpha value is -1.00. The van der Waals surface area contributed by atoms with Gasteiger partial charge in [-0.2, -0.15) is 0 Å². The highest BCUT2D eigenvalue weighted by atomic mass is 19.2. The Morgan fingerprint density at radius 2 is 1.81 bits per heavy atom. The number of halogens is 2. The van der Waals surface area contributed by atoms with Crippen LogP contribution in [0.15, 0.2) is 18.2 Å². The molecular formula is C17H27F2NO. The molecule has 0 saturated heterocycles. The van der Waals surface area contributed by atoms with Gasteiger partial charge in [0.15, 0.2) is 11.6 Å². The highest BCUT2D eigenvalue weighted by Gasteiger charge is 2.32. The molecule has 0 saturated carbocycles. The maximum atomic E-state index is 13.4. The second-order valence-electron chi connectivity index (χ2n) is 6.36. The lowest BCUT2D eigenvalue weighted by molar-refractivity contribution is -0.0352. The van der Waals surface area contributed by atoms with E-state index in [1.54, 1.807) is 6.07 Å². The van der Waals surface area contributed by atoms with Gasteiger partial charge >= 0.3 is 0 Å². The lowest BCUT2D eigenvalue weighted by Gasteiger charge is -2.37. The molecule has 0 fully saturated rings. The van der Waals surface area contributed by atoms with Gasteiger partial charge in [-0.25, -0.2) is 8.78 Å². The van der Waals surface area contributed by atoms with Gasteiger partial charge in [-0.05, 0) is 43.0 Å². The first-order chi connectivity index (χ1) is 9.79. The van der Waals surface area contributed by atoms with Crippen molar-refractivity contribution in [1.29, 1.82) is 0 Å². The first-order valence-electron chi connectivity index (χ1n) is 7.58. The van der Waals surface area contributed by atoms with E-state index in [0.29, 0.717) is 13.0 Å². The molecule has 0 aromatic heterocycles. The topological polar surface area (TPSA) is 21.3 Å². The van der Waals surface area contributed by atoms with Crippen molar-refractivity contribution in [1.82, 2.24) is 5.32 Å². The van der Waals surface area contributed by atoms with Crippen molar-refractivity contribution in [3.8, 4) is 0 Å². The van der Waals surface area contributed by atoms with Crippen LogP contribution in [0.2, 0.25) is 0 Å². The van der Waals surface area contributed by atoms with E-state index in [9.17, 15) is 8.78 Å². The first kappa shape index (κ1) is 18.1. The molecule has 0 heterocycles. The fourth-order valence-electron chi connectivity index (χ4n) is 2.62. The first-order valence-corrected chi connectivity index (χ1v) is 7.58. The Labute approximate surface area is 126 Å². The van der Waals surface area contributed by atoms with E-state index in [4.69, 9.17) is 4.74 Å².